The van der Waals surface area contributed by atoms with Gasteiger partial charge in [-0.25, -0.2) is 0 Å². The third-order valence-corrected chi connectivity index (χ3v) is 4.62. The third kappa shape index (κ3) is 2.94. The largest absolute Gasteiger partial charge is 0.342 e. The van der Waals surface area contributed by atoms with Gasteiger partial charge >= 0.3 is 0 Å². The molecule has 4 nitrogen and oxygen atoms in total. The van der Waals surface area contributed by atoms with Crippen LogP contribution in [-0.2, 0) is 9.59 Å². The van der Waals surface area contributed by atoms with E-state index in [9.17, 15) is 9.59 Å². The first-order chi connectivity index (χ1) is 7.99. The summed E-state index contributed by atoms with van der Waals surface area (Å²) in [6.45, 7) is 4.95. The van der Waals surface area contributed by atoms with E-state index >= 15 is 0 Å². The Labute approximate surface area is 106 Å². The van der Waals surface area contributed by atoms with Gasteiger partial charge in [0.05, 0.1) is 0 Å². The maximum Gasteiger partial charge on any atom is 0.247 e. The summed E-state index contributed by atoms with van der Waals surface area (Å²) in [5.41, 5.74) is -0.751. The molecule has 0 bridgehead atoms. The molecule has 2 fully saturated rings. The molecule has 96 valence electrons. The van der Waals surface area contributed by atoms with Crippen molar-refractivity contribution in [2.45, 2.75) is 32.2 Å². The summed E-state index contributed by atoms with van der Waals surface area (Å²) in [6, 6.07) is 0. The molecule has 0 radical (unpaired) electrons. The van der Waals surface area contributed by atoms with Crippen LogP contribution in [0.15, 0.2) is 0 Å². The summed E-state index contributed by atoms with van der Waals surface area (Å²) in [7, 11) is 0. The second kappa shape index (κ2) is 4.88. The number of hydrogen-bond acceptors (Lipinski definition) is 3. The lowest BCUT2D eigenvalue weighted by atomic mass is 10.0. The van der Waals surface area contributed by atoms with E-state index < -0.39 is 5.54 Å². The van der Waals surface area contributed by atoms with E-state index in [0.29, 0.717) is 18.9 Å². The normalized spacial score (nSPS) is 29.1. The molecule has 1 unspecified atom stereocenters. The van der Waals surface area contributed by atoms with E-state index in [2.05, 4.69) is 5.32 Å². The van der Waals surface area contributed by atoms with Crippen molar-refractivity contribution in [3.05, 3.63) is 0 Å². The quantitative estimate of drug-likeness (QED) is 0.797. The molecular formula is C12H20N2O2S. The summed E-state index contributed by atoms with van der Waals surface area (Å²) >= 11 is 1.96. The maximum atomic E-state index is 12.3. The van der Waals surface area contributed by atoms with Crippen LogP contribution in [0.4, 0.5) is 0 Å². The van der Waals surface area contributed by atoms with Crippen LogP contribution in [0.3, 0.4) is 0 Å². The van der Waals surface area contributed by atoms with Crippen LogP contribution >= 0.6 is 11.8 Å². The number of carbonyl (C=O) groups excluding carboxylic acids is 2. The molecule has 2 saturated heterocycles. The zero-order chi connectivity index (χ0) is 12.5. The van der Waals surface area contributed by atoms with Gasteiger partial charge in [-0.1, -0.05) is 0 Å². The highest BCUT2D eigenvalue weighted by Gasteiger charge is 2.37. The Morgan fingerprint density at radius 3 is 2.88 bits per heavy atom. The minimum Gasteiger partial charge on any atom is -0.342 e. The highest BCUT2D eigenvalue weighted by Crippen LogP contribution is 2.25. The Balaban J connectivity index is 2.04. The Hall–Kier alpha value is -0.710. The SMILES string of the molecule is CC1(C)NC(=O)CCN(CC2CCSC2)C1=O. The van der Waals surface area contributed by atoms with Crippen molar-refractivity contribution in [1.82, 2.24) is 10.2 Å². The van der Waals surface area contributed by atoms with Crippen LogP contribution in [0.25, 0.3) is 0 Å². The van der Waals surface area contributed by atoms with Gasteiger partial charge in [0.15, 0.2) is 0 Å². The van der Waals surface area contributed by atoms with Crippen molar-refractivity contribution in [2.24, 2.45) is 5.92 Å². The van der Waals surface area contributed by atoms with E-state index in [-0.39, 0.29) is 11.8 Å². The second-order valence-electron chi connectivity index (χ2n) is 5.40. The van der Waals surface area contributed by atoms with Crippen molar-refractivity contribution in [3.8, 4) is 0 Å². The predicted molar refractivity (Wildman–Crippen MR) is 68.9 cm³/mol. The summed E-state index contributed by atoms with van der Waals surface area (Å²) in [5.74, 6) is 2.98. The number of hydrogen-bond donors (Lipinski definition) is 1. The van der Waals surface area contributed by atoms with Crippen molar-refractivity contribution in [3.63, 3.8) is 0 Å². The monoisotopic (exact) mass is 256 g/mol. The fourth-order valence-corrected chi connectivity index (χ4v) is 3.68. The second-order valence-corrected chi connectivity index (χ2v) is 6.55. The van der Waals surface area contributed by atoms with Gasteiger partial charge in [0, 0.05) is 19.5 Å². The Bertz CT molecular complexity index is 324. The lowest BCUT2D eigenvalue weighted by Crippen LogP contribution is -2.53. The molecule has 2 heterocycles. The molecule has 17 heavy (non-hydrogen) atoms. The van der Waals surface area contributed by atoms with E-state index in [0.717, 1.165) is 12.3 Å². The molecule has 0 aromatic carbocycles. The third-order valence-electron chi connectivity index (χ3n) is 3.39. The standard InChI is InChI=1S/C12H20N2O2S/c1-12(2)11(16)14(5-3-10(15)13-12)7-9-4-6-17-8-9/h9H,3-8H2,1-2H3,(H,13,15). The number of rotatable bonds is 2. The molecule has 0 aromatic rings. The summed E-state index contributed by atoms with van der Waals surface area (Å²) in [5, 5.41) is 2.79. The molecule has 0 spiro atoms. The Kier molecular flexibility index (Phi) is 3.66. The van der Waals surface area contributed by atoms with Crippen molar-refractivity contribution >= 4 is 23.6 Å². The fraction of sp³-hybridized carbons (Fsp3) is 0.833. The van der Waals surface area contributed by atoms with E-state index in [4.69, 9.17) is 0 Å². The average Bonchev–Trinajstić information content (AvgIpc) is 2.71. The minimum absolute atomic E-state index is 0.0216. The Morgan fingerprint density at radius 2 is 2.24 bits per heavy atom. The Morgan fingerprint density at radius 1 is 1.47 bits per heavy atom. The van der Waals surface area contributed by atoms with Gasteiger partial charge in [-0.05, 0) is 37.7 Å². The number of nitrogens with one attached hydrogen (secondary N) is 1. The molecular weight excluding hydrogens is 236 g/mol. The van der Waals surface area contributed by atoms with Gasteiger partial charge in [0.25, 0.3) is 0 Å². The van der Waals surface area contributed by atoms with E-state index in [1.54, 1.807) is 13.8 Å². The van der Waals surface area contributed by atoms with Crippen LogP contribution in [0.5, 0.6) is 0 Å². The first kappa shape index (κ1) is 12.7. The first-order valence-electron chi connectivity index (χ1n) is 6.17. The van der Waals surface area contributed by atoms with Crippen LogP contribution in [-0.4, -0.2) is 46.8 Å². The fourth-order valence-electron chi connectivity index (χ4n) is 2.41. The molecule has 5 heteroatoms. The topological polar surface area (TPSA) is 49.4 Å². The van der Waals surface area contributed by atoms with Crippen LogP contribution in [0, 0.1) is 5.92 Å². The molecule has 2 amide bonds. The molecule has 2 aliphatic rings. The predicted octanol–water partition coefficient (Wildman–Crippen LogP) is 0.867. The van der Waals surface area contributed by atoms with Gasteiger partial charge < -0.3 is 10.2 Å². The van der Waals surface area contributed by atoms with E-state index in [1.807, 2.05) is 16.7 Å². The zero-order valence-corrected chi connectivity index (χ0v) is 11.3. The number of nitrogens with zero attached hydrogens (tertiary/aromatic N) is 1. The van der Waals surface area contributed by atoms with Crippen LogP contribution < -0.4 is 5.32 Å². The number of amides is 2. The van der Waals surface area contributed by atoms with Gasteiger partial charge in [0.1, 0.15) is 5.54 Å². The number of carbonyl (C=O) groups is 2. The van der Waals surface area contributed by atoms with Crippen molar-refractivity contribution in [2.75, 3.05) is 24.6 Å². The van der Waals surface area contributed by atoms with E-state index in [1.165, 1.54) is 12.2 Å². The van der Waals surface area contributed by atoms with Gasteiger partial charge in [-0.15, -0.1) is 0 Å². The molecule has 1 atom stereocenters. The van der Waals surface area contributed by atoms with Crippen LogP contribution in [0.1, 0.15) is 26.7 Å². The average molecular weight is 256 g/mol. The molecule has 0 aromatic heterocycles. The lowest BCUT2D eigenvalue weighted by molar-refractivity contribution is -0.137. The first-order valence-corrected chi connectivity index (χ1v) is 7.32. The number of thioether (sulfide) groups is 1. The zero-order valence-electron chi connectivity index (χ0n) is 10.5. The maximum absolute atomic E-state index is 12.3. The molecule has 1 N–H and O–H groups in total. The van der Waals surface area contributed by atoms with Crippen molar-refractivity contribution < 1.29 is 9.59 Å². The van der Waals surface area contributed by atoms with Crippen LogP contribution in [0.2, 0.25) is 0 Å². The summed E-state index contributed by atoms with van der Waals surface area (Å²) in [4.78, 5) is 25.7. The summed E-state index contributed by atoms with van der Waals surface area (Å²) < 4.78 is 0. The highest BCUT2D eigenvalue weighted by atomic mass is 32.2. The minimum atomic E-state index is -0.751. The summed E-state index contributed by atoms with van der Waals surface area (Å²) in [6.07, 6.45) is 1.62. The van der Waals surface area contributed by atoms with Gasteiger partial charge in [-0.3, -0.25) is 9.59 Å². The van der Waals surface area contributed by atoms with Crippen molar-refractivity contribution in [1.29, 1.82) is 0 Å². The van der Waals surface area contributed by atoms with Gasteiger partial charge in [-0.2, -0.15) is 11.8 Å². The highest BCUT2D eigenvalue weighted by molar-refractivity contribution is 7.99. The van der Waals surface area contributed by atoms with Gasteiger partial charge in [0.2, 0.25) is 11.8 Å². The smallest absolute Gasteiger partial charge is 0.247 e. The molecule has 2 aliphatic heterocycles. The molecule has 2 rings (SSSR count). The lowest BCUT2D eigenvalue weighted by Gasteiger charge is -2.30. The molecule has 0 saturated carbocycles. The molecule has 0 aliphatic carbocycles.